The zero-order chi connectivity index (χ0) is 70.4. The third-order valence-corrected chi connectivity index (χ3v) is 17.0. The molecule has 35 nitrogen and oxygen atoms in total. The molecule has 1 atom stereocenters. The van der Waals surface area contributed by atoms with E-state index in [2.05, 4.69) is 40.9 Å². The summed E-state index contributed by atoms with van der Waals surface area (Å²) in [5.41, 5.74) is -0.0558. The predicted molar refractivity (Wildman–Crippen MR) is 349 cm³/mol. The Hall–Kier alpha value is -8.21. The van der Waals surface area contributed by atoms with Gasteiger partial charge in [-0.1, -0.05) is 6.07 Å². The number of carbonyl (C=O) groups excluding carboxylic acids is 4. The molecule has 1 saturated heterocycles. The van der Waals surface area contributed by atoms with Crippen LogP contribution in [0.15, 0.2) is 63.0 Å². The highest BCUT2D eigenvalue weighted by Crippen LogP contribution is 2.33. The molecule has 37 heteroatoms. The molecule has 5 rings (SSSR count). The Morgan fingerprint density at radius 3 is 1.72 bits per heavy atom. The Morgan fingerprint density at radius 2 is 1.21 bits per heavy atom. The summed E-state index contributed by atoms with van der Waals surface area (Å²) in [6, 6.07) is 6.37. The molecule has 0 bridgehead atoms. The molecule has 532 valence electrons. The summed E-state index contributed by atoms with van der Waals surface area (Å²) < 4.78 is 84.2. The lowest BCUT2D eigenvalue weighted by Crippen LogP contribution is -2.53. The second kappa shape index (κ2) is 39.7. The van der Waals surface area contributed by atoms with Crippen LogP contribution in [0.1, 0.15) is 52.7 Å². The van der Waals surface area contributed by atoms with Gasteiger partial charge in [0.05, 0.1) is 92.8 Å². The van der Waals surface area contributed by atoms with Gasteiger partial charge in [-0.15, -0.1) is 0 Å². The standard InChI is InChI=1S/C59H87N13O22S2/c1-40-29-43(30-41(2)55(40)96(89,90)67-46(58(84)85)33-64-56(82)45-34-68(3)48-31-42(8-9-44(48)54(45)81)32-65-59-62-12-13-63-59)94-24-4-7-49(73)60-10-5-22-91-25-27-93-28-26-92-23-6-11-61-57(83)47(39-95(86,87)88)66-50(74)35-69-14-16-70(36-51(75)76)18-20-72(38-53(79)80)21-19-71(17-15-69)37-52(77)78/h8-9,12-13,29-31,34,47,86-88H,4-7,10-11,14-28,32-33,35-39H2,1-3H3,(H,60,73)(H,61,83)(H,64,82)(H,66,74)(H,75,76)(H,77,78)(H,79,80)(H,84,85)(H2,62,63,65)/b67-46+/t47-/m1/s1. The molecule has 2 aromatic heterocycles. The number of H-pyrrole nitrogens is 1. The van der Waals surface area contributed by atoms with Crippen molar-refractivity contribution >= 4 is 91.0 Å². The number of carboxylic acids is 4. The van der Waals surface area contributed by atoms with Crippen LogP contribution in [0.25, 0.3) is 10.9 Å². The number of hydrogen-bond acceptors (Lipinski definition) is 24. The summed E-state index contributed by atoms with van der Waals surface area (Å²) in [6.45, 7) is 4.19. The van der Waals surface area contributed by atoms with E-state index in [1.54, 1.807) is 61.8 Å². The number of ether oxygens (including phenoxy) is 4. The van der Waals surface area contributed by atoms with E-state index in [0.29, 0.717) is 56.2 Å². The zero-order valence-electron chi connectivity index (χ0n) is 53.7. The fourth-order valence-corrected chi connectivity index (χ4v) is 12.1. The molecule has 2 aromatic carbocycles. The number of pyridine rings is 1. The number of fused-ring (bicyclic) bond motifs is 1. The number of nitrogens with zero attached hydrogens (tertiary/aromatic N) is 7. The number of sulfonamides is 1. The van der Waals surface area contributed by atoms with E-state index in [0.717, 1.165) is 5.56 Å². The lowest BCUT2D eigenvalue weighted by molar-refractivity contribution is -0.140. The summed E-state index contributed by atoms with van der Waals surface area (Å²) in [4.78, 5) is 126. The van der Waals surface area contributed by atoms with Gasteiger partial charge in [-0.25, -0.2) is 9.78 Å². The van der Waals surface area contributed by atoms with Crippen molar-refractivity contribution in [3.8, 4) is 5.75 Å². The number of rotatable bonds is 40. The van der Waals surface area contributed by atoms with Crippen LogP contribution in [-0.4, -0.2) is 286 Å². The van der Waals surface area contributed by atoms with Crippen molar-refractivity contribution in [2.24, 2.45) is 11.4 Å². The van der Waals surface area contributed by atoms with Gasteiger partial charge < -0.3 is 89.2 Å². The number of hydrogen-bond donors (Lipinski definition) is 13. The van der Waals surface area contributed by atoms with Crippen molar-refractivity contribution in [2.45, 2.75) is 57.0 Å². The minimum absolute atomic E-state index is 0.0479. The van der Waals surface area contributed by atoms with Crippen LogP contribution < -0.4 is 36.7 Å². The first-order valence-electron chi connectivity index (χ1n) is 30.6. The van der Waals surface area contributed by atoms with E-state index in [9.17, 15) is 85.7 Å². The van der Waals surface area contributed by atoms with Gasteiger partial charge in [-0.05, 0) is 74.1 Å². The number of aromatic nitrogens is 3. The Kier molecular flexibility index (Phi) is 32.5. The maximum Gasteiger partial charge on any atom is 0.353 e. The van der Waals surface area contributed by atoms with Gasteiger partial charge in [0, 0.05) is 123 Å². The average Bonchev–Trinajstić information content (AvgIpc) is 0.850. The van der Waals surface area contributed by atoms with Crippen LogP contribution >= 0.6 is 10.9 Å². The van der Waals surface area contributed by atoms with Crippen molar-refractivity contribution in [3.63, 3.8) is 0 Å². The van der Waals surface area contributed by atoms with Crippen molar-refractivity contribution < 1.29 is 99.8 Å². The number of benzene rings is 2. The molecule has 1 aliphatic heterocycles. The van der Waals surface area contributed by atoms with E-state index >= 15 is 0 Å². The summed E-state index contributed by atoms with van der Waals surface area (Å²) in [7, 11) is -7.28. The molecule has 0 aliphatic carbocycles. The molecule has 4 aromatic rings. The van der Waals surface area contributed by atoms with Crippen LogP contribution in [0, 0.1) is 13.8 Å². The first kappa shape index (κ1) is 78.5. The number of aliphatic carboxylic acids is 4. The molecule has 0 unspecified atom stereocenters. The number of aromatic amines is 1. The minimum Gasteiger partial charge on any atom is -0.494 e. The molecule has 1 fully saturated rings. The monoisotopic (exact) mass is 1390 g/mol. The molecule has 0 spiro atoms. The van der Waals surface area contributed by atoms with Crippen molar-refractivity contribution in [3.05, 3.63) is 81.4 Å². The molecule has 0 saturated carbocycles. The van der Waals surface area contributed by atoms with E-state index in [-0.39, 0.29) is 164 Å². The van der Waals surface area contributed by atoms with E-state index in [4.69, 9.17) is 18.9 Å². The third-order valence-electron chi connectivity index (χ3n) is 14.6. The van der Waals surface area contributed by atoms with Crippen molar-refractivity contribution in [1.82, 2.24) is 55.4 Å². The molecular weight excluding hydrogens is 1310 g/mol. The quantitative estimate of drug-likeness (QED) is 0.0198. The normalized spacial score (nSPS) is 14.8. The van der Waals surface area contributed by atoms with Gasteiger partial charge in [0.1, 0.15) is 17.4 Å². The summed E-state index contributed by atoms with van der Waals surface area (Å²) in [5, 5.41) is 51.7. The smallest absolute Gasteiger partial charge is 0.353 e. The number of amides is 4. The number of nitrogens with one attached hydrogen (secondary N) is 6. The highest BCUT2D eigenvalue weighted by molar-refractivity contribution is 8.19. The predicted octanol–water partition coefficient (Wildman–Crippen LogP) is -0.460. The number of imidazole rings is 1. The molecule has 13 N–H and O–H groups in total. The van der Waals surface area contributed by atoms with E-state index in [1.807, 2.05) is 0 Å². The average molecular weight is 1390 g/mol. The fraction of sp³-hybridized carbons (Fsp3) is 0.542. The summed E-state index contributed by atoms with van der Waals surface area (Å²) in [6.07, 6.45) is 5.85. The van der Waals surface area contributed by atoms with Gasteiger partial charge in [-0.3, -0.25) is 58.0 Å². The lowest BCUT2D eigenvalue weighted by Gasteiger charge is -2.33. The lowest BCUT2D eigenvalue weighted by atomic mass is 10.1. The molecular formula is C59H87N13O22S2. The SMILES string of the molecule is Cc1cc(OCCCC(=O)NCCCOCCOCCOCCCNC(=O)[C@@H](CS(O)(O)O)NC(=O)CN2CCN(CC(=O)O)CCN(CC(=O)O)CCN(CC(=O)O)CC2)cc(C)c1S(=O)(=O)/N=C(\CNC(=O)c1cn(C)c2cc(CNc3ncc[nH]3)ccc2c1=O)C(=O)O. The molecule has 4 amide bonds. The summed E-state index contributed by atoms with van der Waals surface area (Å²) >= 11 is 0. The number of carbonyl (C=O) groups is 8. The number of carboxylic acid groups (broad SMARTS) is 4. The molecule has 96 heavy (non-hydrogen) atoms. The van der Waals surface area contributed by atoms with Crippen LogP contribution in [0.3, 0.4) is 0 Å². The van der Waals surface area contributed by atoms with Crippen molar-refractivity contribution in [2.75, 3.05) is 155 Å². The zero-order valence-corrected chi connectivity index (χ0v) is 55.3. The van der Waals surface area contributed by atoms with Gasteiger partial charge in [0.25, 0.3) is 15.9 Å². The molecule has 3 heterocycles. The third kappa shape index (κ3) is 28.6. The van der Waals surface area contributed by atoms with Crippen LogP contribution in [0.5, 0.6) is 5.75 Å². The van der Waals surface area contributed by atoms with Crippen molar-refractivity contribution in [1.29, 1.82) is 0 Å². The fourth-order valence-electron chi connectivity index (χ4n) is 9.94. The van der Waals surface area contributed by atoms with Gasteiger partial charge >= 0.3 is 23.9 Å². The van der Waals surface area contributed by atoms with E-state index < -0.39 is 92.0 Å². The Morgan fingerprint density at radius 1 is 0.677 bits per heavy atom. The van der Waals surface area contributed by atoms with Gasteiger partial charge in [-0.2, -0.15) is 12.8 Å². The topological polar surface area (TPSA) is 485 Å². The largest absolute Gasteiger partial charge is 0.494 e. The van der Waals surface area contributed by atoms with Gasteiger partial charge in [0.15, 0.2) is 11.7 Å². The second-order valence-corrected chi connectivity index (χ2v) is 25.5. The Bertz CT molecular complexity index is 3420. The highest BCUT2D eigenvalue weighted by atomic mass is 32.3. The van der Waals surface area contributed by atoms with Crippen LogP contribution in [0.4, 0.5) is 5.95 Å². The maximum absolute atomic E-state index is 13.6. The number of aryl methyl sites for hydroxylation is 3. The van der Waals surface area contributed by atoms with Crippen LogP contribution in [-0.2, 0) is 71.4 Å². The molecule has 1 aliphatic rings. The summed E-state index contributed by atoms with van der Waals surface area (Å²) in [5.74, 6) is -7.87. The first-order chi connectivity index (χ1) is 45.6. The minimum atomic E-state index is -4.65. The Balaban J connectivity index is 0.925. The van der Waals surface area contributed by atoms with Crippen LogP contribution in [0.2, 0.25) is 0 Å². The maximum atomic E-state index is 13.6. The molecule has 0 radical (unpaired) electrons. The van der Waals surface area contributed by atoms with E-state index in [1.165, 1.54) is 32.2 Å². The van der Waals surface area contributed by atoms with Gasteiger partial charge in [0.2, 0.25) is 23.2 Å². The first-order valence-corrected chi connectivity index (χ1v) is 33.7. The second-order valence-electron chi connectivity index (χ2n) is 22.4. The highest BCUT2D eigenvalue weighted by Gasteiger charge is 2.30. The Labute approximate surface area is 555 Å². The number of anilines is 1.